The average Bonchev–Trinajstić information content (AvgIpc) is 3.43. The molecule has 4 aromatic heterocycles. The molecule has 0 radical (unpaired) electrons. The molecule has 5 heterocycles. The molecular formula is C22H23N7O. The molecule has 8 nitrogen and oxygen atoms in total. The molecule has 5 rings (SSSR count). The zero-order chi connectivity index (χ0) is 20.5. The Balaban J connectivity index is 1.52. The predicted octanol–water partition coefficient (Wildman–Crippen LogP) is 3.93. The molecule has 4 aromatic rings. The SMILES string of the molecule is COc1cncc(-c2cc(Nc3cccc(N4CCCC4C)n3)c3nccn3n2)c1. The molecule has 1 atom stereocenters. The van der Waals surface area contributed by atoms with Crippen LogP contribution in [0.3, 0.4) is 0 Å². The fourth-order valence-corrected chi connectivity index (χ4v) is 3.88. The van der Waals surface area contributed by atoms with Gasteiger partial charge in [0.05, 0.1) is 24.7 Å². The van der Waals surface area contributed by atoms with Crippen LogP contribution in [-0.4, -0.2) is 44.3 Å². The number of fused-ring (bicyclic) bond motifs is 1. The Kier molecular flexibility index (Phi) is 4.66. The number of rotatable bonds is 5. The van der Waals surface area contributed by atoms with Gasteiger partial charge in [0.1, 0.15) is 17.4 Å². The number of nitrogens with zero attached hydrogens (tertiary/aromatic N) is 6. The van der Waals surface area contributed by atoms with Gasteiger partial charge in [0.15, 0.2) is 5.65 Å². The second kappa shape index (κ2) is 7.62. The summed E-state index contributed by atoms with van der Waals surface area (Å²) in [5.74, 6) is 2.46. The summed E-state index contributed by atoms with van der Waals surface area (Å²) < 4.78 is 7.06. The number of hydrogen-bond acceptors (Lipinski definition) is 7. The zero-order valence-corrected chi connectivity index (χ0v) is 17.0. The number of imidazole rings is 1. The summed E-state index contributed by atoms with van der Waals surface area (Å²) in [7, 11) is 1.63. The average molecular weight is 401 g/mol. The van der Waals surface area contributed by atoms with E-state index in [1.807, 2.05) is 30.5 Å². The molecule has 0 bridgehead atoms. The van der Waals surface area contributed by atoms with Crippen LogP contribution in [0.2, 0.25) is 0 Å². The molecule has 1 unspecified atom stereocenters. The van der Waals surface area contributed by atoms with E-state index in [9.17, 15) is 0 Å². The molecule has 1 saturated heterocycles. The van der Waals surface area contributed by atoms with Crippen molar-refractivity contribution in [1.82, 2.24) is 24.6 Å². The highest BCUT2D eigenvalue weighted by atomic mass is 16.5. The van der Waals surface area contributed by atoms with Gasteiger partial charge >= 0.3 is 0 Å². The molecule has 1 fully saturated rings. The maximum Gasteiger partial charge on any atom is 0.177 e. The van der Waals surface area contributed by atoms with Crippen molar-refractivity contribution < 1.29 is 4.74 Å². The van der Waals surface area contributed by atoms with Crippen molar-refractivity contribution in [3.05, 3.63) is 55.1 Å². The first-order chi connectivity index (χ1) is 14.7. The van der Waals surface area contributed by atoms with E-state index in [1.165, 1.54) is 12.8 Å². The Morgan fingerprint density at radius 2 is 2.13 bits per heavy atom. The van der Waals surface area contributed by atoms with Crippen molar-refractivity contribution in [3.63, 3.8) is 0 Å². The number of ether oxygens (including phenoxy) is 1. The summed E-state index contributed by atoms with van der Waals surface area (Å²) in [4.78, 5) is 15.9. The number of aromatic nitrogens is 5. The van der Waals surface area contributed by atoms with Gasteiger partial charge in [-0.05, 0) is 44.0 Å². The third-order valence-electron chi connectivity index (χ3n) is 5.45. The van der Waals surface area contributed by atoms with Gasteiger partial charge in [-0.1, -0.05) is 6.07 Å². The Morgan fingerprint density at radius 3 is 2.97 bits per heavy atom. The lowest BCUT2D eigenvalue weighted by Gasteiger charge is -2.23. The molecule has 0 aromatic carbocycles. The van der Waals surface area contributed by atoms with Crippen LogP contribution in [0, 0.1) is 0 Å². The first-order valence-corrected chi connectivity index (χ1v) is 10.1. The molecule has 0 aliphatic carbocycles. The van der Waals surface area contributed by atoms with E-state index in [1.54, 1.807) is 30.2 Å². The lowest BCUT2D eigenvalue weighted by molar-refractivity contribution is 0.413. The Bertz CT molecular complexity index is 1190. The zero-order valence-electron chi connectivity index (χ0n) is 17.0. The quantitative estimate of drug-likeness (QED) is 0.543. The van der Waals surface area contributed by atoms with Crippen LogP contribution < -0.4 is 15.0 Å². The number of hydrogen-bond donors (Lipinski definition) is 1. The van der Waals surface area contributed by atoms with Crippen LogP contribution in [0.5, 0.6) is 5.75 Å². The molecule has 30 heavy (non-hydrogen) atoms. The molecule has 0 spiro atoms. The Labute approximate surface area is 174 Å². The van der Waals surface area contributed by atoms with Crippen LogP contribution >= 0.6 is 0 Å². The minimum absolute atomic E-state index is 0.514. The van der Waals surface area contributed by atoms with Crippen molar-refractivity contribution >= 4 is 23.0 Å². The summed E-state index contributed by atoms with van der Waals surface area (Å²) in [5.41, 5.74) is 3.18. The van der Waals surface area contributed by atoms with Crippen LogP contribution in [0.25, 0.3) is 16.9 Å². The molecule has 1 aliphatic rings. The van der Waals surface area contributed by atoms with Crippen LogP contribution in [-0.2, 0) is 0 Å². The van der Waals surface area contributed by atoms with Gasteiger partial charge in [0.25, 0.3) is 0 Å². The predicted molar refractivity (Wildman–Crippen MR) is 116 cm³/mol. The van der Waals surface area contributed by atoms with Crippen LogP contribution in [0.1, 0.15) is 19.8 Å². The van der Waals surface area contributed by atoms with Gasteiger partial charge in [-0.2, -0.15) is 5.10 Å². The number of nitrogens with one attached hydrogen (secondary N) is 1. The summed E-state index contributed by atoms with van der Waals surface area (Å²) >= 11 is 0. The van der Waals surface area contributed by atoms with Gasteiger partial charge < -0.3 is 15.0 Å². The Morgan fingerprint density at radius 1 is 1.20 bits per heavy atom. The lowest BCUT2D eigenvalue weighted by atomic mass is 10.2. The van der Waals surface area contributed by atoms with E-state index in [2.05, 4.69) is 38.3 Å². The van der Waals surface area contributed by atoms with E-state index < -0.39 is 0 Å². The highest BCUT2D eigenvalue weighted by Gasteiger charge is 2.21. The topological polar surface area (TPSA) is 80.5 Å². The molecular weight excluding hydrogens is 378 g/mol. The smallest absolute Gasteiger partial charge is 0.177 e. The highest BCUT2D eigenvalue weighted by molar-refractivity contribution is 5.77. The van der Waals surface area contributed by atoms with Crippen LogP contribution in [0.15, 0.2) is 55.1 Å². The summed E-state index contributed by atoms with van der Waals surface area (Å²) in [6.45, 7) is 3.30. The Hall–Kier alpha value is -3.68. The summed E-state index contributed by atoms with van der Waals surface area (Å²) in [6.07, 6.45) is 9.41. The van der Waals surface area contributed by atoms with Gasteiger partial charge in [0, 0.05) is 36.7 Å². The fourth-order valence-electron chi connectivity index (χ4n) is 3.88. The van der Waals surface area contributed by atoms with Crippen LogP contribution in [0.4, 0.5) is 17.3 Å². The molecule has 1 N–H and O–H groups in total. The van der Waals surface area contributed by atoms with E-state index in [0.29, 0.717) is 11.8 Å². The number of anilines is 3. The first-order valence-electron chi connectivity index (χ1n) is 10.1. The normalized spacial score (nSPS) is 16.2. The fraction of sp³-hybridized carbons (Fsp3) is 0.273. The van der Waals surface area contributed by atoms with Crippen molar-refractivity contribution in [1.29, 1.82) is 0 Å². The van der Waals surface area contributed by atoms with Gasteiger partial charge in [0.2, 0.25) is 0 Å². The molecule has 1 aliphatic heterocycles. The third-order valence-corrected chi connectivity index (χ3v) is 5.45. The largest absolute Gasteiger partial charge is 0.495 e. The third kappa shape index (κ3) is 3.41. The molecule has 8 heteroatoms. The summed E-state index contributed by atoms with van der Waals surface area (Å²) in [5, 5.41) is 8.10. The second-order valence-electron chi connectivity index (χ2n) is 7.44. The monoisotopic (exact) mass is 401 g/mol. The van der Waals surface area contributed by atoms with E-state index in [-0.39, 0.29) is 0 Å². The lowest BCUT2D eigenvalue weighted by Crippen LogP contribution is -2.27. The van der Waals surface area contributed by atoms with Gasteiger partial charge in [-0.25, -0.2) is 14.5 Å². The minimum atomic E-state index is 0.514. The van der Waals surface area contributed by atoms with Crippen molar-refractivity contribution in [2.24, 2.45) is 0 Å². The number of methoxy groups -OCH3 is 1. The molecule has 0 saturated carbocycles. The van der Waals surface area contributed by atoms with Crippen molar-refractivity contribution in [3.8, 4) is 17.0 Å². The maximum absolute atomic E-state index is 5.31. The van der Waals surface area contributed by atoms with Gasteiger partial charge in [-0.15, -0.1) is 0 Å². The molecule has 0 amide bonds. The van der Waals surface area contributed by atoms with E-state index >= 15 is 0 Å². The second-order valence-corrected chi connectivity index (χ2v) is 7.44. The maximum atomic E-state index is 5.31. The van der Waals surface area contributed by atoms with E-state index in [0.717, 1.165) is 40.8 Å². The van der Waals surface area contributed by atoms with Crippen molar-refractivity contribution in [2.45, 2.75) is 25.8 Å². The van der Waals surface area contributed by atoms with Crippen molar-refractivity contribution in [2.75, 3.05) is 23.9 Å². The summed E-state index contributed by atoms with van der Waals surface area (Å²) in [6, 6.07) is 10.5. The van der Waals surface area contributed by atoms with Gasteiger partial charge in [-0.3, -0.25) is 4.98 Å². The highest BCUT2D eigenvalue weighted by Crippen LogP contribution is 2.29. The minimum Gasteiger partial charge on any atom is -0.495 e. The standard InChI is InChI=1S/C22H23N7O/c1-15-5-4-9-28(15)21-7-3-6-20(26-21)25-19-12-18(27-29-10-8-24-22(19)29)16-11-17(30-2)14-23-13-16/h3,6-8,10-15H,4-5,9H2,1-2H3,(H,25,26). The van der Waals surface area contributed by atoms with E-state index in [4.69, 9.17) is 9.72 Å². The first kappa shape index (κ1) is 18.4. The number of pyridine rings is 2. The molecule has 152 valence electrons.